The van der Waals surface area contributed by atoms with Crippen molar-refractivity contribution in [3.8, 4) is 5.75 Å². The molecule has 1 rings (SSSR count). The Labute approximate surface area is 91.1 Å². The molecule has 0 amide bonds. The fourth-order valence-corrected chi connectivity index (χ4v) is 1.28. The van der Waals surface area contributed by atoms with Crippen LogP contribution in [0.25, 0.3) is 0 Å². The van der Waals surface area contributed by atoms with Crippen LogP contribution < -0.4 is 5.73 Å². The van der Waals surface area contributed by atoms with Crippen LogP contribution in [0.3, 0.4) is 0 Å². The number of phenolic OH excluding ortho intramolecular Hbond substituents is 1. The summed E-state index contributed by atoms with van der Waals surface area (Å²) in [5.41, 5.74) is 6.08. The molecule has 0 aliphatic rings. The van der Waals surface area contributed by atoms with Crippen molar-refractivity contribution < 1.29 is 10.2 Å². The van der Waals surface area contributed by atoms with Gasteiger partial charge in [0.1, 0.15) is 5.75 Å². The Morgan fingerprint density at radius 2 is 2.08 bits per heavy atom. The van der Waals surface area contributed by atoms with Gasteiger partial charge in [0.05, 0.1) is 12.6 Å². The van der Waals surface area contributed by atoms with Gasteiger partial charge < -0.3 is 15.9 Å². The van der Waals surface area contributed by atoms with Gasteiger partial charge in [-0.15, -0.1) is 12.4 Å². The van der Waals surface area contributed by atoms with E-state index in [-0.39, 0.29) is 24.8 Å². The highest BCUT2D eigenvalue weighted by molar-refractivity contribution is 9.10. The molecule has 0 unspecified atom stereocenters. The lowest BCUT2D eigenvalue weighted by Gasteiger charge is -2.10. The van der Waals surface area contributed by atoms with Gasteiger partial charge in [0.25, 0.3) is 0 Å². The van der Waals surface area contributed by atoms with Gasteiger partial charge in [-0.1, -0.05) is 22.0 Å². The molecule has 0 saturated heterocycles. The fraction of sp³-hybridized carbons (Fsp3) is 0.250. The third kappa shape index (κ3) is 3.15. The first-order chi connectivity index (χ1) is 5.65. The summed E-state index contributed by atoms with van der Waals surface area (Å²) in [5, 5.41) is 18.1. The van der Waals surface area contributed by atoms with E-state index < -0.39 is 6.04 Å². The Morgan fingerprint density at radius 3 is 2.54 bits per heavy atom. The summed E-state index contributed by atoms with van der Waals surface area (Å²) in [7, 11) is 0. The maximum absolute atomic E-state index is 9.37. The number of halogens is 2. The molecule has 0 saturated carbocycles. The van der Waals surface area contributed by atoms with Crippen LogP contribution in [0.4, 0.5) is 0 Å². The molecule has 4 N–H and O–H groups in total. The van der Waals surface area contributed by atoms with Crippen molar-refractivity contribution in [2.75, 3.05) is 6.61 Å². The topological polar surface area (TPSA) is 66.5 Å². The van der Waals surface area contributed by atoms with Crippen molar-refractivity contribution in [1.82, 2.24) is 0 Å². The standard InChI is InChI=1S/C8H10BrNO2.ClH/c9-5-1-2-6(7(10)4-11)8(12)3-5;/h1-3,7,11-12H,4,10H2;1H/t7-;/m1./s1. The summed E-state index contributed by atoms with van der Waals surface area (Å²) in [4.78, 5) is 0. The average molecular weight is 269 g/mol. The Hall–Kier alpha value is -0.290. The summed E-state index contributed by atoms with van der Waals surface area (Å²) >= 11 is 3.20. The van der Waals surface area contributed by atoms with Crippen molar-refractivity contribution in [3.05, 3.63) is 28.2 Å². The first kappa shape index (κ1) is 12.7. The number of nitrogens with two attached hydrogens (primary N) is 1. The van der Waals surface area contributed by atoms with Crippen molar-refractivity contribution >= 4 is 28.3 Å². The molecule has 0 fully saturated rings. The second-order valence-corrected chi connectivity index (χ2v) is 3.41. The van der Waals surface area contributed by atoms with Crippen LogP contribution in [0, 0.1) is 0 Å². The van der Waals surface area contributed by atoms with Gasteiger partial charge >= 0.3 is 0 Å². The number of aromatic hydroxyl groups is 1. The van der Waals surface area contributed by atoms with Crippen LogP contribution >= 0.6 is 28.3 Å². The molecular formula is C8H11BrClNO2. The lowest BCUT2D eigenvalue weighted by atomic mass is 10.1. The van der Waals surface area contributed by atoms with Crippen LogP contribution in [0.5, 0.6) is 5.75 Å². The van der Waals surface area contributed by atoms with Gasteiger partial charge in [0.2, 0.25) is 0 Å². The van der Waals surface area contributed by atoms with Gasteiger partial charge in [-0.25, -0.2) is 0 Å². The van der Waals surface area contributed by atoms with E-state index in [0.717, 1.165) is 4.47 Å². The quantitative estimate of drug-likeness (QED) is 0.763. The number of hydrogen-bond donors (Lipinski definition) is 3. The van der Waals surface area contributed by atoms with E-state index in [9.17, 15) is 5.11 Å². The monoisotopic (exact) mass is 267 g/mol. The van der Waals surface area contributed by atoms with E-state index >= 15 is 0 Å². The summed E-state index contributed by atoms with van der Waals surface area (Å²) < 4.78 is 0.786. The zero-order chi connectivity index (χ0) is 9.14. The Bertz CT molecular complexity index is 283. The molecule has 0 aromatic heterocycles. The second-order valence-electron chi connectivity index (χ2n) is 2.49. The number of hydrogen-bond acceptors (Lipinski definition) is 3. The van der Waals surface area contributed by atoms with Crippen molar-refractivity contribution in [1.29, 1.82) is 0 Å². The van der Waals surface area contributed by atoms with Crippen LogP contribution in [0.1, 0.15) is 11.6 Å². The second kappa shape index (κ2) is 5.44. The van der Waals surface area contributed by atoms with Gasteiger partial charge in [0.15, 0.2) is 0 Å². The predicted octanol–water partition coefficient (Wildman–Crippen LogP) is 1.57. The Kier molecular flexibility index (Phi) is 5.32. The molecule has 5 heteroatoms. The zero-order valence-corrected chi connectivity index (χ0v) is 9.18. The molecule has 13 heavy (non-hydrogen) atoms. The summed E-state index contributed by atoms with van der Waals surface area (Å²) in [6, 6.07) is 4.48. The normalized spacial score (nSPS) is 11.9. The van der Waals surface area contributed by atoms with Crippen LogP contribution in [0.15, 0.2) is 22.7 Å². The summed E-state index contributed by atoms with van der Waals surface area (Å²) in [6.07, 6.45) is 0. The first-order valence-electron chi connectivity index (χ1n) is 3.50. The van der Waals surface area contributed by atoms with Crippen molar-refractivity contribution in [3.63, 3.8) is 0 Å². The molecule has 0 spiro atoms. The van der Waals surface area contributed by atoms with E-state index in [4.69, 9.17) is 10.8 Å². The zero-order valence-electron chi connectivity index (χ0n) is 6.77. The minimum absolute atomic E-state index is 0. The third-order valence-electron chi connectivity index (χ3n) is 1.59. The highest BCUT2D eigenvalue weighted by Gasteiger charge is 2.08. The summed E-state index contributed by atoms with van der Waals surface area (Å²) in [5.74, 6) is 0.103. The van der Waals surface area contributed by atoms with E-state index in [0.29, 0.717) is 5.56 Å². The number of phenols is 1. The average Bonchev–Trinajstić information content (AvgIpc) is 2.03. The van der Waals surface area contributed by atoms with Crippen LogP contribution in [-0.2, 0) is 0 Å². The lowest BCUT2D eigenvalue weighted by Crippen LogP contribution is -2.14. The summed E-state index contributed by atoms with van der Waals surface area (Å²) in [6.45, 7) is -0.171. The van der Waals surface area contributed by atoms with Crippen LogP contribution in [0.2, 0.25) is 0 Å². The molecule has 0 heterocycles. The lowest BCUT2D eigenvalue weighted by molar-refractivity contribution is 0.265. The number of aliphatic hydroxyl groups is 1. The highest BCUT2D eigenvalue weighted by Crippen LogP contribution is 2.25. The molecular weight excluding hydrogens is 257 g/mol. The highest BCUT2D eigenvalue weighted by atomic mass is 79.9. The maximum atomic E-state index is 9.37. The molecule has 3 nitrogen and oxygen atoms in total. The Morgan fingerprint density at radius 1 is 1.46 bits per heavy atom. The molecule has 1 aromatic carbocycles. The van der Waals surface area contributed by atoms with Gasteiger partial charge in [-0.3, -0.25) is 0 Å². The fourth-order valence-electron chi connectivity index (χ4n) is 0.929. The van der Waals surface area contributed by atoms with Gasteiger partial charge in [-0.05, 0) is 12.1 Å². The number of aliphatic hydroxyl groups excluding tert-OH is 1. The molecule has 1 aromatic rings. The van der Waals surface area contributed by atoms with Crippen molar-refractivity contribution in [2.45, 2.75) is 6.04 Å². The molecule has 0 aliphatic carbocycles. The minimum Gasteiger partial charge on any atom is -0.508 e. The van der Waals surface area contributed by atoms with E-state index in [1.54, 1.807) is 18.2 Å². The molecule has 0 bridgehead atoms. The smallest absolute Gasteiger partial charge is 0.121 e. The van der Waals surface area contributed by atoms with Crippen molar-refractivity contribution in [2.24, 2.45) is 5.73 Å². The molecule has 0 radical (unpaired) electrons. The number of rotatable bonds is 2. The van der Waals surface area contributed by atoms with Gasteiger partial charge in [0, 0.05) is 10.0 Å². The first-order valence-corrected chi connectivity index (χ1v) is 4.29. The minimum atomic E-state index is -0.516. The van der Waals surface area contributed by atoms with Crippen LogP contribution in [-0.4, -0.2) is 16.8 Å². The van der Waals surface area contributed by atoms with E-state index in [1.807, 2.05) is 0 Å². The maximum Gasteiger partial charge on any atom is 0.121 e. The Balaban J connectivity index is 0.00000144. The largest absolute Gasteiger partial charge is 0.508 e. The molecule has 1 atom stereocenters. The third-order valence-corrected chi connectivity index (χ3v) is 2.08. The van der Waals surface area contributed by atoms with Gasteiger partial charge in [-0.2, -0.15) is 0 Å². The van der Waals surface area contributed by atoms with E-state index in [1.165, 1.54) is 0 Å². The number of benzene rings is 1. The molecule has 74 valence electrons. The predicted molar refractivity (Wildman–Crippen MR) is 57.1 cm³/mol. The molecule has 0 aliphatic heterocycles. The van der Waals surface area contributed by atoms with E-state index in [2.05, 4.69) is 15.9 Å². The SMILES string of the molecule is Cl.N[C@H](CO)c1ccc(Br)cc1O.